The standard InChI is InChI=1S/C45H25N5/c46-26-29-16-23-43-39(24-29)38-11-3-4-12-40(38)49(43)34-21-22-35(33(25-34)28-48)30-17-19-31(20-18-30)45-32(27-47)8-7-15-44(45)50-41-13-5-1-9-36(41)37-10-2-6-14-42(37)50/h1-25H. The summed E-state index contributed by atoms with van der Waals surface area (Å²) >= 11 is 0. The smallest absolute Gasteiger partial charge is 0.0998 e. The van der Waals surface area contributed by atoms with Crippen molar-refractivity contribution < 1.29 is 0 Å². The summed E-state index contributed by atoms with van der Waals surface area (Å²) in [4.78, 5) is 0. The Morgan fingerprint density at radius 3 is 1.62 bits per heavy atom. The molecule has 0 atom stereocenters. The molecule has 0 aliphatic heterocycles. The highest BCUT2D eigenvalue weighted by Crippen LogP contribution is 2.39. The van der Waals surface area contributed by atoms with E-state index in [1.54, 1.807) is 0 Å². The minimum atomic E-state index is 0.554. The van der Waals surface area contributed by atoms with Gasteiger partial charge in [-0.2, -0.15) is 15.8 Å². The average Bonchev–Trinajstić information content (AvgIpc) is 3.70. The molecule has 5 nitrogen and oxygen atoms in total. The summed E-state index contributed by atoms with van der Waals surface area (Å²) in [7, 11) is 0. The van der Waals surface area contributed by atoms with Gasteiger partial charge in [-0.05, 0) is 77.4 Å². The van der Waals surface area contributed by atoms with Crippen LogP contribution in [0.5, 0.6) is 0 Å². The highest BCUT2D eigenvalue weighted by Gasteiger charge is 2.19. The van der Waals surface area contributed by atoms with Gasteiger partial charge in [-0.1, -0.05) is 91.0 Å². The fraction of sp³-hybridized carbons (Fsp3) is 0. The van der Waals surface area contributed by atoms with Crippen LogP contribution in [0.1, 0.15) is 16.7 Å². The van der Waals surface area contributed by atoms with E-state index in [-0.39, 0.29) is 0 Å². The third-order valence-corrected chi connectivity index (χ3v) is 9.65. The van der Waals surface area contributed by atoms with E-state index in [1.807, 2.05) is 97.1 Å². The van der Waals surface area contributed by atoms with Gasteiger partial charge >= 0.3 is 0 Å². The Balaban J connectivity index is 1.16. The van der Waals surface area contributed by atoms with E-state index in [2.05, 4.69) is 81.9 Å². The number of hydrogen-bond donors (Lipinski definition) is 0. The molecule has 0 bridgehead atoms. The fourth-order valence-corrected chi connectivity index (χ4v) is 7.46. The summed E-state index contributed by atoms with van der Waals surface area (Å²) < 4.78 is 4.39. The number of rotatable bonds is 4. The molecule has 0 saturated heterocycles. The third kappa shape index (κ3) is 4.31. The van der Waals surface area contributed by atoms with Crippen molar-refractivity contribution in [1.82, 2.24) is 9.13 Å². The van der Waals surface area contributed by atoms with Crippen molar-refractivity contribution in [2.24, 2.45) is 0 Å². The molecule has 0 aliphatic rings. The molecule has 2 aromatic heterocycles. The van der Waals surface area contributed by atoms with Gasteiger partial charge in [0.1, 0.15) is 0 Å². The molecule has 0 saturated carbocycles. The molecule has 2 heterocycles. The van der Waals surface area contributed by atoms with Crippen LogP contribution < -0.4 is 0 Å². The lowest BCUT2D eigenvalue weighted by molar-refractivity contribution is 1.18. The molecule has 0 aliphatic carbocycles. The van der Waals surface area contributed by atoms with E-state index in [0.717, 1.165) is 77.2 Å². The number of aromatic nitrogens is 2. The topological polar surface area (TPSA) is 81.2 Å². The lowest BCUT2D eigenvalue weighted by atomic mass is 9.94. The van der Waals surface area contributed by atoms with Crippen LogP contribution in [0.15, 0.2) is 152 Å². The summed E-state index contributed by atoms with van der Waals surface area (Å²) in [5, 5.41) is 34.6. The Kier molecular flexibility index (Phi) is 6.56. The maximum atomic E-state index is 10.4. The molecule has 0 unspecified atom stereocenters. The summed E-state index contributed by atoms with van der Waals surface area (Å²) in [6.07, 6.45) is 0. The molecule has 50 heavy (non-hydrogen) atoms. The van der Waals surface area contributed by atoms with Crippen molar-refractivity contribution in [3.8, 4) is 51.8 Å². The molecule has 7 aromatic carbocycles. The van der Waals surface area contributed by atoms with Gasteiger partial charge in [0.25, 0.3) is 0 Å². The normalized spacial score (nSPS) is 11.1. The fourth-order valence-electron chi connectivity index (χ4n) is 7.46. The molecule has 9 rings (SSSR count). The molecule has 0 amide bonds. The van der Waals surface area contributed by atoms with Gasteiger partial charge in [0.2, 0.25) is 0 Å². The zero-order valence-corrected chi connectivity index (χ0v) is 26.7. The van der Waals surface area contributed by atoms with Gasteiger partial charge in [-0.25, -0.2) is 0 Å². The summed E-state index contributed by atoms with van der Waals surface area (Å²) in [6.45, 7) is 0. The summed E-state index contributed by atoms with van der Waals surface area (Å²) in [5.74, 6) is 0. The van der Waals surface area contributed by atoms with Crippen molar-refractivity contribution in [3.05, 3.63) is 168 Å². The van der Waals surface area contributed by atoms with Gasteiger partial charge in [-0.15, -0.1) is 0 Å². The largest absolute Gasteiger partial charge is 0.309 e. The molecular weight excluding hydrogens is 611 g/mol. The minimum absolute atomic E-state index is 0.554. The Morgan fingerprint density at radius 2 is 0.980 bits per heavy atom. The van der Waals surface area contributed by atoms with Crippen LogP contribution in [0.3, 0.4) is 0 Å². The van der Waals surface area contributed by atoms with Crippen LogP contribution >= 0.6 is 0 Å². The van der Waals surface area contributed by atoms with E-state index in [4.69, 9.17) is 0 Å². The molecule has 0 N–H and O–H groups in total. The second kappa shape index (κ2) is 11.4. The zero-order valence-electron chi connectivity index (χ0n) is 26.7. The third-order valence-electron chi connectivity index (χ3n) is 9.65. The van der Waals surface area contributed by atoms with Crippen molar-refractivity contribution >= 4 is 43.6 Å². The van der Waals surface area contributed by atoms with Crippen molar-refractivity contribution in [3.63, 3.8) is 0 Å². The van der Waals surface area contributed by atoms with Gasteiger partial charge in [0.05, 0.1) is 62.7 Å². The SMILES string of the molecule is N#Cc1ccc2c(c1)c1ccccc1n2-c1ccc(-c2ccc(-c3c(C#N)cccc3-n3c4ccccc4c4ccccc43)cc2)c(C#N)c1. The molecule has 9 aromatic rings. The predicted octanol–water partition coefficient (Wildman–Crippen LogP) is 10.8. The lowest BCUT2D eigenvalue weighted by Gasteiger charge is -2.16. The predicted molar refractivity (Wildman–Crippen MR) is 200 cm³/mol. The molecular formula is C45H25N5. The van der Waals surface area contributed by atoms with Gasteiger partial charge in [0.15, 0.2) is 0 Å². The molecule has 230 valence electrons. The Hall–Kier alpha value is -7.39. The van der Waals surface area contributed by atoms with E-state index < -0.39 is 0 Å². The number of fused-ring (bicyclic) bond motifs is 6. The highest BCUT2D eigenvalue weighted by molar-refractivity contribution is 6.11. The van der Waals surface area contributed by atoms with E-state index in [1.165, 1.54) is 0 Å². The molecule has 5 heteroatoms. The number of nitriles is 3. The van der Waals surface area contributed by atoms with Crippen molar-refractivity contribution in [1.29, 1.82) is 15.8 Å². The van der Waals surface area contributed by atoms with Crippen LogP contribution in [-0.2, 0) is 0 Å². The highest BCUT2D eigenvalue weighted by atomic mass is 15.0. The maximum absolute atomic E-state index is 10.4. The number of para-hydroxylation sites is 3. The quantitative estimate of drug-likeness (QED) is 0.193. The van der Waals surface area contributed by atoms with Crippen LogP contribution in [0.4, 0.5) is 0 Å². The Morgan fingerprint density at radius 1 is 0.400 bits per heavy atom. The maximum Gasteiger partial charge on any atom is 0.0998 e. The molecule has 0 radical (unpaired) electrons. The van der Waals surface area contributed by atoms with E-state index >= 15 is 0 Å². The van der Waals surface area contributed by atoms with E-state index in [0.29, 0.717) is 16.7 Å². The Labute approximate surface area is 287 Å². The Bertz CT molecular complexity index is 2900. The van der Waals surface area contributed by atoms with Crippen LogP contribution in [-0.4, -0.2) is 9.13 Å². The van der Waals surface area contributed by atoms with Gasteiger partial charge < -0.3 is 9.13 Å². The lowest BCUT2D eigenvalue weighted by Crippen LogP contribution is -1.99. The van der Waals surface area contributed by atoms with Gasteiger partial charge in [-0.3, -0.25) is 0 Å². The van der Waals surface area contributed by atoms with Gasteiger partial charge in [0, 0.05) is 32.8 Å². The number of benzene rings is 7. The van der Waals surface area contributed by atoms with Crippen molar-refractivity contribution in [2.45, 2.75) is 0 Å². The van der Waals surface area contributed by atoms with Crippen LogP contribution in [0, 0.1) is 34.0 Å². The average molecular weight is 636 g/mol. The first-order valence-corrected chi connectivity index (χ1v) is 16.3. The molecule has 0 fully saturated rings. The van der Waals surface area contributed by atoms with E-state index in [9.17, 15) is 15.8 Å². The minimum Gasteiger partial charge on any atom is -0.309 e. The summed E-state index contributed by atoms with van der Waals surface area (Å²) in [6, 6.07) is 57.7. The second-order valence-corrected chi connectivity index (χ2v) is 12.3. The first-order valence-electron chi connectivity index (χ1n) is 16.3. The number of nitrogens with zero attached hydrogens (tertiary/aromatic N) is 5. The summed E-state index contributed by atoms with van der Waals surface area (Å²) in [5.41, 5.74) is 11.2. The zero-order chi connectivity index (χ0) is 33.8. The first-order chi connectivity index (χ1) is 24.7. The van der Waals surface area contributed by atoms with Crippen LogP contribution in [0.2, 0.25) is 0 Å². The first kappa shape index (κ1) is 28.8. The number of hydrogen-bond acceptors (Lipinski definition) is 3. The van der Waals surface area contributed by atoms with Crippen molar-refractivity contribution in [2.75, 3.05) is 0 Å². The second-order valence-electron chi connectivity index (χ2n) is 12.3. The van der Waals surface area contributed by atoms with Crippen LogP contribution in [0.25, 0.3) is 77.2 Å². The molecule has 0 spiro atoms. The monoisotopic (exact) mass is 635 g/mol.